The highest BCUT2D eigenvalue weighted by Crippen LogP contribution is 2.46. The number of anilines is 1. The molecular weight excluding hydrogens is 381 g/mol. The summed E-state index contributed by atoms with van der Waals surface area (Å²) >= 11 is 1.28. The van der Waals surface area contributed by atoms with Gasteiger partial charge in [0.15, 0.2) is 0 Å². The average molecular weight is 399 g/mol. The summed E-state index contributed by atoms with van der Waals surface area (Å²) in [4.78, 5) is 24.2. The summed E-state index contributed by atoms with van der Waals surface area (Å²) in [6.45, 7) is 2.42. The van der Waals surface area contributed by atoms with Gasteiger partial charge in [-0.1, -0.05) is 12.1 Å². The minimum absolute atomic E-state index is 0.279. The maximum Gasteiger partial charge on any atom is 0.317 e. The monoisotopic (exact) mass is 399 g/mol. The van der Waals surface area contributed by atoms with Crippen molar-refractivity contribution < 1.29 is 14.0 Å². The van der Waals surface area contributed by atoms with E-state index in [1.54, 1.807) is 12.1 Å². The minimum Gasteiger partial charge on any atom is -0.365 e. The molecule has 0 atom stereocenters. The van der Waals surface area contributed by atoms with E-state index in [0.29, 0.717) is 30.0 Å². The largest absolute Gasteiger partial charge is 0.365 e. The Balaban J connectivity index is 1.79. The van der Waals surface area contributed by atoms with Crippen molar-refractivity contribution in [2.24, 2.45) is 11.5 Å². The summed E-state index contributed by atoms with van der Waals surface area (Å²) in [6, 6.07) is 5.58. The molecule has 144 valence electrons. The summed E-state index contributed by atoms with van der Waals surface area (Å²) in [6.07, 6.45) is 1.28. The molecule has 0 saturated carbocycles. The van der Waals surface area contributed by atoms with Crippen LogP contribution in [-0.2, 0) is 19.4 Å². The molecule has 1 aromatic carbocycles. The van der Waals surface area contributed by atoms with Gasteiger partial charge in [0.1, 0.15) is 10.8 Å². The molecule has 7 nitrogen and oxygen atoms in total. The van der Waals surface area contributed by atoms with Crippen molar-refractivity contribution in [3.8, 4) is 10.4 Å². The molecule has 3 aromatic rings. The average Bonchev–Trinajstić information content (AvgIpc) is 3.13. The van der Waals surface area contributed by atoms with Gasteiger partial charge in [-0.3, -0.25) is 14.8 Å². The standard InChI is InChI=1S/C19H18FN5O2S/c1-9-14-13(25(24-9)8-10-2-4-11(20)5-3-10)7-6-12-15(17(21)26)18(23-19(22)27)28-16(12)14/h2-5H,6-8H2,1H3,(H2,21,26)(H3,22,23,27). The van der Waals surface area contributed by atoms with Gasteiger partial charge < -0.3 is 11.5 Å². The SMILES string of the molecule is Cc1nn(Cc2ccc(F)cc2)c2c1-c1sc(NC(N)=O)c(C(N)=O)c1CC2. The molecule has 5 N–H and O–H groups in total. The molecule has 1 aliphatic rings. The summed E-state index contributed by atoms with van der Waals surface area (Å²) in [5.74, 6) is -0.875. The number of halogens is 1. The Morgan fingerprint density at radius 2 is 1.96 bits per heavy atom. The van der Waals surface area contributed by atoms with Crippen molar-refractivity contribution in [1.82, 2.24) is 9.78 Å². The predicted octanol–water partition coefficient (Wildman–Crippen LogP) is 2.80. The fourth-order valence-electron chi connectivity index (χ4n) is 3.68. The number of nitrogens with zero attached hydrogens (tertiary/aromatic N) is 2. The van der Waals surface area contributed by atoms with E-state index in [1.165, 1.54) is 23.5 Å². The number of hydrogen-bond acceptors (Lipinski definition) is 4. The molecule has 1 aliphatic carbocycles. The first-order valence-electron chi connectivity index (χ1n) is 8.68. The van der Waals surface area contributed by atoms with Crippen molar-refractivity contribution in [3.63, 3.8) is 0 Å². The number of benzene rings is 1. The Morgan fingerprint density at radius 1 is 1.25 bits per heavy atom. The quantitative estimate of drug-likeness (QED) is 0.626. The van der Waals surface area contributed by atoms with Crippen LogP contribution in [0, 0.1) is 12.7 Å². The van der Waals surface area contributed by atoms with Gasteiger partial charge in [0.25, 0.3) is 5.91 Å². The van der Waals surface area contributed by atoms with Crippen LogP contribution in [0.4, 0.5) is 14.2 Å². The van der Waals surface area contributed by atoms with Crippen molar-refractivity contribution in [1.29, 1.82) is 0 Å². The molecule has 0 spiro atoms. The zero-order chi connectivity index (χ0) is 20.0. The summed E-state index contributed by atoms with van der Waals surface area (Å²) in [5.41, 5.74) is 15.7. The van der Waals surface area contributed by atoms with Crippen LogP contribution < -0.4 is 16.8 Å². The third-order valence-electron chi connectivity index (χ3n) is 4.81. The van der Waals surface area contributed by atoms with E-state index >= 15 is 0 Å². The number of thiophene rings is 1. The van der Waals surface area contributed by atoms with Gasteiger partial charge >= 0.3 is 6.03 Å². The Labute approximate surface area is 164 Å². The molecular formula is C19H18FN5O2S. The molecule has 0 aliphatic heterocycles. The summed E-state index contributed by atoms with van der Waals surface area (Å²) in [7, 11) is 0. The molecule has 9 heteroatoms. The molecule has 28 heavy (non-hydrogen) atoms. The van der Waals surface area contributed by atoms with Gasteiger partial charge in [-0.15, -0.1) is 11.3 Å². The maximum atomic E-state index is 13.2. The van der Waals surface area contributed by atoms with E-state index in [9.17, 15) is 14.0 Å². The number of carbonyl (C=O) groups excluding carboxylic acids is 2. The number of aromatic nitrogens is 2. The second-order valence-electron chi connectivity index (χ2n) is 6.66. The lowest BCUT2D eigenvalue weighted by Gasteiger charge is -2.16. The van der Waals surface area contributed by atoms with Crippen LogP contribution in [0.2, 0.25) is 0 Å². The Bertz CT molecular complexity index is 1100. The smallest absolute Gasteiger partial charge is 0.317 e. The molecule has 2 aromatic heterocycles. The van der Waals surface area contributed by atoms with Crippen molar-refractivity contribution >= 4 is 28.3 Å². The first-order chi connectivity index (χ1) is 13.3. The fourth-order valence-corrected chi connectivity index (χ4v) is 5.06. The topological polar surface area (TPSA) is 116 Å². The predicted molar refractivity (Wildman–Crippen MR) is 105 cm³/mol. The third-order valence-corrected chi connectivity index (χ3v) is 5.97. The van der Waals surface area contributed by atoms with Gasteiger partial charge in [-0.05, 0) is 43.0 Å². The molecule has 4 rings (SSSR count). The van der Waals surface area contributed by atoms with Gasteiger partial charge in [0, 0.05) is 16.1 Å². The first-order valence-corrected chi connectivity index (χ1v) is 9.49. The van der Waals surface area contributed by atoms with E-state index in [-0.39, 0.29) is 5.82 Å². The summed E-state index contributed by atoms with van der Waals surface area (Å²) in [5, 5.41) is 7.53. The maximum absolute atomic E-state index is 13.2. The van der Waals surface area contributed by atoms with Crippen molar-refractivity contribution in [2.45, 2.75) is 26.3 Å². The van der Waals surface area contributed by atoms with E-state index in [1.807, 2.05) is 11.6 Å². The van der Waals surface area contributed by atoms with Crippen LogP contribution in [0.15, 0.2) is 24.3 Å². The number of urea groups is 1. The van der Waals surface area contributed by atoms with E-state index in [4.69, 9.17) is 11.5 Å². The lowest BCUT2D eigenvalue weighted by Crippen LogP contribution is -2.22. The lowest BCUT2D eigenvalue weighted by molar-refractivity contribution is 0.100. The zero-order valence-electron chi connectivity index (χ0n) is 15.1. The molecule has 0 fully saturated rings. The van der Waals surface area contributed by atoms with Gasteiger partial charge in [0.2, 0.25) is 0 Å². The molecule has 3 amide bonds. The first kappa shape index (κ1) is 18.2. The lowest BCUT2D eigenvalue weighted by atomic mass is 9.92. The molecule has 0 saturated heterocycles. The van der Waals surface area contributed by atoms with E-state index < -0.39 is 11.9 Å². The number of amides is 3. The van der Waals surface area contributed by atoms with Gasteiger partial charge in [0.05, 0.1) is 17.8 Å². The van der Waals surface area contributed by atoms with Crippen molar-refractivity contribution in [3.05, 3.63) is 58.2 Å². The van der Waals surface area contributed by atoms with Gasteiger partial charge in [-0.25, -0.2) is 9.18 Å². The van der Waals surface area contributed by atoms with Crippen LogP contribution in [0.25, 0.3) is 10.4 Å². The second-order valence-corrected chi connectivity index (χ2v) is 7.68. The molecule has 0 unspecified atom stereocenters. The van der Waals surface area contributed by atoms with Crippen molar-refractivity contribution in [2.75, 3.05) is 5.32 Å². The van der Waals surface area contributed by atoms with Crippen LogP contribution in [0.5, 0.6) is 0 Å². The zero-order valence-corrected chi connectivity index (χ0v) is 15.9. The van der Waals surface area contributed by atoms with Crippen LogP contribution >= 0.6 is 11.3 Å². The van der Waals surface area contributed by atoms with E-state index in [0.717, 1.165) is 33.0 Å². The highest BCUT2D eigenvalue weighted by Gasteiger charge is 2.31. The molecule has 0 bridgehead atoms. The second kappa shape index (κ2) is 6.75. The minimum atomic E-state index is -0.745. The van der Waals surface area contributed by atoms with Crippen LogP contribution in [-0.4, -0.2) is 21.7 Å². The molecule has 2 heterocycles. The number of nitrogens with two attached hydrogens (primary N) is 2. The van der Waals surface area contributed by atoms with Crippen LogP contribution in [0.1, 0.15) is 32.9 Å². The third kappa shape index (κ3) is 3.03. The van der Waals surface area contributed by atoms with E-state index in [2.05, 4.69) is 10.4 Å². The van der Waals surface area contributed by atoms with Gasteiger partial charge in [-0.2, -0.15) is 5.10 Å². The summed E-state index contributed by atoms with van der Waals surface area (Å²) < 4.78 is 15.1. The number of hydrogen-bond donors (Lipinski definition) is 3. The Hall–Kier alpha value is -3.20. The fraction of sp³-hybridized carbons (Fsp3) is 0.211. The van der Waals surface area contributed by atoms with Crippen LogP contribution in [0.3, 0.4) is 0 Å². The number of primary amides is 2. The highest BCUT2D eigenvalue weighted by atomic mass is 32.1. The Morgan fingerprint density at radius 3 is 2.61 bits per heavy atom. The molecule has 0 radical (unpaired) electrons. The highest BCUT2D eigenvalue weighted by molar-refractivity contribution is 7.20. The number of carbonyl (C=O) groups is 2. The number of nitrogens with one attached hydrogen (secondary N) is 1. The number of aryl methyl sites for hydroxylation is 1. The normalized spacial score (nSPS) is 12.4. The number of rotatable bonds is 4. The Kier molecular flexibility index (Phi) is 4.38. The number of fused-ring (bicyclic) bond motifs is 3.